The van der Waals surface area contributed by atoms with E-state index in [2.05, 4.69) is 33.5 Å². The van der Waals surface area contributed by atoms with Crippen molar-refractivity contribution in [2.75, 3.05) is 11.9 Å². The number of rotatable bonds is 4. The maximum Gasteiger partial charge on any atom is 0.238 e. The van der Waals surface area contributed by atoms with Crippen molar-refractivity contribution in [3.05, 3.63) is 28.7 Å². The van der Waals surface area contributed by atoms with Gasteiger partial charge in [0.2, 0.25) is 5.91 Å². The maximum absolute atomic E-state index is 12.0. The molecule has 2 atom stereocenters. The first-order valence-corrected chi connectivity index (χ1v) is 8.24. The molecule has 110 valence electrons. The summed E-state index contributed by atoms with van der Waals surface area (Å²) in [5.74, 6) is 0.683. The van der Waals surface area contributed by atoms with Crippen LogP contribution in [-0.2, 0) is 4.79 Å². The molecular formula is C16H23BrN2O. The summed E-state index contributed by atoms with van der Waals surface area (Å²) in [6.45, 7) is 2.67. The summed E-state index contributed by atoms with van der Waals surface area (Å²) in [4.78, 5) is 12.0. The standard InChI is InChI=1S/C16H23BrN2O/c1-12-7-3-2-4-9-14(12)18-11-16(20)19-15-10-6-5-8-13(15)17/h5-6,8,10,12,14,18H,2-4,7,9,11H2,1H3,(H,19,20). The topological polar surface area (TPSA) is 41.1 Å². The molecule has 1 aliphatic rings. The summed E-state index contributed by atoms with van der Waals surface area (Å²) in [5, 5.41) is 6.36. The Morgan fingerprint density at radius 2 is 2.00 bits per heavy atom. The third-order valence-electron chi connectivity index (χ3n) is 4.03. The van der Waals surface area contributed by atoms with Crippen molar-refractivity contribution in [2.24, 2.45) is 5.92 Å². The van der Waals surface area contributed by atoms with Gasteiger partial charge in [0.15, 0.2) is 0 Å². The van der Waals surface area contributed by atoms with Gasteiger partial charge in [-0.1, -0.05) is 38.3 Å². The summed E-state index contributed by atoms with van der Waals surface area (Å²) < 4.78 is 0.913. The van der Waals surface area contributed by atoms with Crippen LogP contribution in [0, 0.1) is 5.92 Å². The number of anilines is 1. The van der Waals surface area contributed by atoms with Gasteiger partial charge in [-0.15, -0.1) is 0 Å². The molecule has 1 aromatic carbocycles. The average Bonchev–Trinajstić information content (AvgIpc) is 2.64. The van der Waals surface area contributed by atoms with Crippen LogP contribution in [0.15, 0.2) is 28.7 Å². The zero-order valence-corrected chi connectivity index (χ0v) is 13.6. The van der Waals surface area contributed by atoms with Crippen molar-refractivity contribution in [2.45, 2.75) is 45.1 Å². The van der Waals surface area contributed by atoms with Crippen molar-refractivity contribution in [1.82, 2.24) is 5.32 Å². The van der Waals surface area contributed by atoms with Crippen LogP contribution in [0.5, 0.6) is 0 Å². The fourth-order valence-electron chi connectivity index (χ4n) is 2.78. The molecule has 3 nitrogen and oxygen atoms in total. The molecule has 0 heterocycles. The van der Waals surface area contributed by atoms with Crippen LogP contribution >= 0.6 is 15.9 Å². The highest BCUT2D eigenvalue weighted by molar-refractivity contribution is 9.10. The number of nitrogens with one attached hydrogen (secondary N) is 2. The smallest absolute Gasteiger partial charge is 0.238 e. The molecule has 0 bridgehead atoms. The molecule has 0 radical (unpaired) electrons. The van der Waals surface area contributed by atoms with Crippen molar-refractivity contribution < 1.29 is 4.79 Å². The van der Waals surface area contributed by atoms with Gasteiger partial charge < -0.3 is 10.6 Å². The zero-order valence-electron chi connectivity index (χ0n) is 12.0. The number of carbonyl (C=O) groups excluding carboxylic acids is 1. The molecular weight excluding hydrogens is 316 g/mol. The highest BCUT2D eigenvalue weighted by atomic mass is 79.9. The van der Waals surface area contributed by atoms with Gasteiger partial charge in [0, 0.05) is 10.5 Å². The fraction of sp³-hybridized carbons (Fsp3) is 0.562. The van der Waals surface area contributed by atoms with Crippen LogP contribution < -0.4 is 10.6 Å². The largest absolute Gasteiger partial charge is 0.324 e. The molecule has 0 saturated heterocycles. The number of carbonyl (C=O) groups is 1. The number of para-hydroxylation sites is 1. The first kappa shape index (κ1) is 15.5. The number of halogens is 1. The molecule has 1 aliphatic carbocycles. The third-order valence-corrected chi connectivity index (χ3v) is 4.73. The molecule has 0 aromatic heterocycles. The van der Waals surface area contributed by atoms with Gasteiger partial charge in [-0.2, -0.15) is 0 Å². The fourth-order valence-corrected chi connectivity index (χ4v) is 3.16. The van der Waals surface area contributed by atoms with Gasteiger partial charge in [0.05, 0.1) is 12.2 Å². The van der Waals surface area contributed by atoms with Gasteiger partial charge in [-0.25, -0.2) is 0 Å². The predicted octanol–water partition coefficient (Wildman–Crippen LogP) is 3.95. The van der Waals surface area contributed by atoms with E-state index in [0.29, 0.717) is 18.5 Å². The lowest BCUT2D eigenvalue weighted by atomic mass is 9.97. The predicted molar refractivity (Wildman–Crippen MR) is 86.8 cm³/mol. The van der Waals surface area contributed by atoms with Gasteiger partial charge in [-0.05, 0) is 46.8 Å². The molecule has 20 heavy (non-hydrogen) atoms. The lowest BCUT2D eigenvalue weighted by Gasteiger charge is -2.22. The Morgan fingerprint density at radius 1 is 1.25 bits per heavy atom. The Balaban J connectivity index is 1.81. The summed E-state index contributed by atoms with van der Waals surface area (Å²) >= 11 is 3.44. The van der Waals surface area contributed by atoms with Crippen LogP contribution in [0.3, 0.4) is 0 Å². The lowest BCUT2D eigenvalue weighted by molar-refractivity contribution is -0.115. The first-order valence-electron chi connectivity index (χ1n) is 7.44. The van der Waals surface area contributed by atoms with Gasteiger partial charge in [0.25, 0.3) is 0 Å². The molecule has 2 unspecified atom stereocenters. The molecule has 0 spiro atoms. The molecule has 1 fully saturated rings. The molecule has 2 N–H and O–H groups in total. The van der Waals surface area contributed by atoms with Crippen LogP contribution in [0.25, 0.3) is 0 Å². The highest BCUT2D eigenvalue weighted by Crippen LogP contribution is 2.23. The first-order chi connectivity index (χ1) is 9.66. The van der Waals surface area contributed by atoms with Crippen LogP contribution in [-0.4, -0.2) is 18.5 Å². The van der Waals surface area contributed by atoms with Crippen LogP contribution in [0.2, 0.25) is 0 Å². The number of benzene rings is 1. The average molecular weight is 339 g/mol. The SMILES string of the molecule is CC1CCCCCC1NCC(=O)Nc1ccccc1Br. The van der Waals surface area contributed by atoms with Crippen LogP contribution in [0.4, 0.5) is 5.69 Å². The molecule has 4 heteroatoms. The highest BCUT2D eigenvalue weighted by Gasteiger charge is 2.20. The van der Waals surface area contributed by atoms with Crippen molar-refractivity contribution in [3.8, 4) is 0 Å². The summed E-state index contributed by atoms with van der Waals surface area (Å²) in [7, 11) is 0. The third kappa shape index (κ3) is 4.60. The number of amides is 1. The Bertz CT molecular complexity index is 450. The van der Waals surface area contributed by atoms with E-state index < -0.39 is 0 Å². The van der Waals surface area contributed by atoms with E-state index in [1.165, 1.54) is 32.1 Å². The van der Waals surface area contributed by atoms with Crippen molar-refractivity contribution in [3.63, 3.8) is 0 Å². The van der Waals surface area contributed by atoms with E-state index in [1.807, 2.05) is 24.3 Å². The Labute approximate surface area is 129 Å². The Hall–Kier alpha value is -0.870. The normalized spacial score (nSPS) is 23.1. The van der Waals surface area contributed by atoms with Gasteiger partial charge >= 0.3 is 0 Å². The number of hydrogen-bond acceptors (Lipinski definition) is 2. The van der Waals surface area contributed by atoms with E-state index >= 15 is 0 Å². The summed E-state index contributed by atoms with van der Waals surface area (Å²) in [6, 6.07) is 8.15. The number of hydrogen-bond donors (Lipinski definition) is 2. The van der Waals surface area contributed by atoms with Crippen molar-refractivity contribution >= 4 is 27.5 Å². The molecule has 1 amide bonds. The van der Waals surface area contributed by atoms with E-state index in [1.54, 1.807) is 0 Å². The van der Waals surface area contributed by atoms with Crippen molar-refractivity contribution in [1.29, 1.82) is 0 Å². The monoisotopic (exact) mass is 338 g/mol. The minimum Gasteiger partial charge on any atom is -0.324 e. The summed E-state index contributed by atoms with van der Waals surface area (Å²) in [5.41, 5.74) is 0.827. The summed E-state index contributed by atoms with van der Waals surface area (Å²) in [6.07, 6.45) is 6.37. The van der Waals surface area contributed by atoms with Gasteiger partial charge in [0.1, 0.15) is 0 Å². The van der Waals surface area contributed by atoms with E-state index in [-0.39, 0.29) is 5.91 Å². The molecule has 1 aromatic rings. The molecule has 0 aliphatic heterocycles. The van der Waals surface area contributed by atoms with E-state index in [4.69, 9.17) is 0 Å². The second kappa shape index (κ2) is 7.79. The molecule has 1 saturated carbocycles. The lowest BCUT2D eigenvalue weighted by Crippen LogP contribution is -2.39. The van der Waals surface area contributed by atoms with Gasteiger partial charge in [-0.3, -0.25) is 4.79 Å². The second-order valence-corrected chi connectivity index (χ2v) is 6.49. The molecule has 2 rings (SSSR count). The maximum atomic E-state index is 12.0. The Morgan fingerprint density at radius 3 is 2.80 bits per heavy atom. The minimum absolute atomic E-state index is 0.0216. The van der Waals surface area contributed by atoms with E-state index in [0.717, 1.165) is 10.2 Å². The second-order valence-electron chi connectivity index (χ2n) is 5.63. The quantitative estimate of drug-likeness (QED) is 0.816. The zero-order chi connectivity index (χ0) is 14.4. The van der Waals surface area contributed by atoms with E-state index in [9.17, 15) is 4.79 Å². The van der Waals surface area contributed by atoms with Crippen LogP contribution in [0.1, 0.15) is 39.0 Å². The Kier molecular flexibility index (Phi) is 6.05. The minimum atomic E-state index is 0.0216.